The van der Waals surface area contributed by atoms with Crippen molar-refractivity contribution in [3.05, 3.63) is 0 Å². The Bertz CT molecular complexity index is 440. The largest absolute Gasteiger partial charge is 0.354 e. The van der Waals surface area contributed by atoms with Crippen molar-refractivity contribution < 1.29 is 4.79 Å². The number of hydrogen-bond donors (Lipinski definition) is 1. The van der Waals surface area contributed by atoms with Crippen molar-refractivity contribution >= 4 is 35.8 Å². The molecule has 138 valence electrons. The lowest BCUT2D eigenvalue weighted by atomic mass is 9.93. The zero-order valence-corrected chi connectivity index (χ0v) is 17.4. The van der Waals surface area contributed by atoms with Crippen molar-refractivity contribution in [2.45, 2.75) is 51.1 Å². The summed E-state index contributed by atoms with van der Waals surface area (Å²) in [4.78, 5) is 23.7. The molecular weight excluding hydrogens is 417 g/mol. The minimum Gasteiger partial charge on any atom is -0.354 e. The van der Waals surface area contributed by atoms with Crippen LogP contribution in [0.3, 0.4) is 0 Å². The molecule has 1 N–H and O–H groups in total. The van der Waals surface area contributed by atoms with E-state index in [1.54, 1.807) is 0 Å². The second-order valence-electron chi connectivity index (χ2n) is 7.05. The number of aliphatic imine (C=N–C) groups is 1. The molecule has 2 heterocycles. The highest BCUT2D eigenvalue weighted by atomic mass is 127. The van der Waals surface area contributed by atoms with Gasteiger partial charge < -0.3 is 15.1 Å². The normalized spacial score (nSPS) is 24.3. The van der Waals surface area contributed by atoms with Gasteiger partial charge >= 0.3 is 0 Å². The van der Waals surface area contributed by atoms with Crippen LogP contribution in [0.1, 0.15) is 39.0 Å². The van der Waals surface area contributed by atoms with Crippen LogP contribution >= 0.6 is 24.0 Å². The Morgan fingerprint density at radius 3 is 2.12 bits per heavy atom. The van der Waals surface area contributed by atoms with Gasteiger partial charge in [-0.1, -0.05) is 0 Å². The third-order valence-corrected chi connectivity index (χ3v) is 5.59. The van der Waals surface area contributed by atoms with Gasteiger partial charge in [0.25, 0.3) is 0 Å². The lowest BCUT2D eigenvalue weighted by molar-refractivity contribution is -0.135. The van der Waals surface area contributed by atoms with Crippen LogP contribution < -0.4 is 5.32 Å². The lowest BCUT2D eigenvalue weighted by Crippen LogP contribution is -2.58. The van der Waals surface area contributed by atoms with Gasteiger partial charge in [-0.25, -0.2) is 0 Å². The summed E-state index contributed by atoms with van der Waals surface area (Å²) in [5.41, 5.74) is 0. The van der Waals surface area contributed by atoms with Gasteiger partial charge in [-0.15, -0.1) is 24.0 Å². The van der Waals surface area contributed by atoms with Crippen molar-refractivity contribution in [3.8, 4) is 0 Å². The van der Waals surface area contributed by atoms with E-state index < -0.39 is 0 Å². The van der Waals surface area contributed by atoms with E-state index in [0.717, 1.165) is 58.1 Å². The van der Waals surface area contributed by atoms with Gasteiger partial charge in [-0.05, 0) is 39.0 Å². The Labute approximate surface area is 163 Å². The molecule has 1 atom stereocenters. The fourth-order valence-corrected chi connectivity index (χ4v) is 3.71. The number of guanidine groups is 1. The summed E-state index contributed by atoms with van der Waals surface area (Å²) in [7, 11) is 1.87. The molecule has 3 fully saturated rings. The Kier molecular flexibility index (Phi) is 7.59. The molecular formula is C17H32IN5O. The summed E-state index contributed by atoms with van der Waals surface area (Å²) in [6.45, 7) is 7.73. The van der Waals surface area contributed by atoms with Gasteiger partial charge in [0.2, 0.25) is 5.91 Å². The van der Waals surface area contributed by atoms with Crippen LogP contribution in [-0.2, 0) is 4.79 Å². The topological polar surface area (TPSA) is 51.2 Å². The van der Waals surface area contributed by atoms with Crippen LogP contribution in [0.4, 0.5) is 0 Å². The molecule has 0 aromatic carbocycles. The second kappa shape index (κ2) is 9.22. The fraction of sp³-hybridized carbons (Fsp3) is 0.882. The first kappa shape index (κ1) is 19.8. The number of rotatable bonds is 3. The van der Waals surface area contributed by atoms with Gasteiger partial charge in [0, 0.05) is 52.4 Å². The first-order chi connectivity index (χ1) is 11.2. The SMILES string of the molecule is CN=C(NC1CCC1)N1CCN(C(C)C(=O)N2CCCC2)CC1.I. The maximum Gasteiger partial charge on any atom is 0.239 e. The summed E-state index contributed by atoms with van der Waals surface area (Å²) in [6.07, 6.45) is 6.18. The minimum absolute atomic E-state index is 0. The summed E-state index contributed by atoms with van der Waals surface area (Å²) in [5.74, 6) is 1.35. The van der Waals surface area contributed by atoms with E-state index in [2.05, 4.69) is 27.0 Å². The van der Waals surface area contributed by atoms with E-state index in [9.17, 15) is 4.79 Å². The number of nitrogens with zero attached hydrogens (tertiary/aromatic N) is 4. The zero-order valence-electron chi connectivity index (χ0n) is 15.0. The molecule has 24 heavy (non-hydrogen) atoms. The Morgan fingerprint density at radius 2 is 1.62 bits per heavy atom. The van der Waals surface area contributed by atoms with Crippen molar-refractivity contribution in [2.75, 3.05) is 46.3 Å². The molecule has 0 bridgehead atoms. The van der Waals surface area contributed by atoms with Crippen molar-refractivity contribution in [1.82, 2.24) is 20.0 Å². The Morgan fingerprint density at radius 1 is 1.00 bits per heavy atom. The van der Waals surface area contributed by atoms with E-state index in [-0.39, 0.29) is 30.0 Å². The average Bonchev–Trinajstić information content (AvgIpc) is 3.07. The standard InChI is InChI=1S/C17H31N5O.HI/c1-14(16(23)21-8-3-4-9-21)20-10-12-22(13-11-20)17(18-2)19-15-6-5-7-15;/h14-15H,3-13H2,1-2H3,(H,18,19);1H. The third kappa shape index (κ3) is 4.53. The van der Waals surface area contributed by atoms with Gasteiger partial charge in [0.15, 0.2) is 5.96 Å². The number of carbonyl (C=O) groups excluding carboxylic acids is 1. The first-order valence-corrected chi connectivity index (χ1v) is 9.20. The van der Waals surface area contributed by atoms with Gasteiger partial charge in [0.05, 0.1) is 6.04 Å². The molecule has 7 heteroatoms. The molecule has 0 aromatic heterocycles. The molecule has 3 rings (SSSR count). The maximum absolute atomic E-state index is 12.5. The number of likely N-dealkylation sites (tertiary alicyclic amines) is 1. The molecule has 1 unspecified atom stereocenters. The maximum atomic E-state index is 12.5. The Hall–Kier alpha value is -0.570. The molecule has 0 spiro atoms. The van der Waals surface area contributed by atoms with Crippen LogP contribution in [0.15, 0.2) is 4.99 Å². The number of nitrogens with one attached hydrogen (secondary N) is 1. The molecule has 2 saturated heterocycles. The highest BCUT2D eigenvalue weighted by Gasteiger charge is 2.31. The highest BCUT2D eigenvalue weighted by Crippen LogP contribution is 2.19. The molecule has 0 aromatic rings. The van der Waals surface area contributed by atoms with E-state index in [1.165, 1.54) is 19.3 Å². The van der Waals surface area contributed by atoms with E-state index in [1.807, 2.05) is 11.9 Å². The average molecular weight is 449 g/mol. The molecule has 1 saturated carbocycles. The van der Waals surface area contributed by atoms with Crippen LogP contribution in [-0.4, -0.2) is 85.0 Å². The predicted octanol–water partition coefficient (Wildman–Crippen LogP) is 1.36. The van der Waals surface area contributed by atoms with Crippen molar-refractivity contribution in [2.24, 2.45) is 4.99 Å². The molecule has 2 aliphatic heterocycles. The van der Waals surface area contributed by atoms with E-state index in [4.69, 9.17) is 0 Å². The van der Waals surface area contributed by atoms with Crippen molar-refractivity contribution in [3.63, 3.8) is 0 Å². The van der Waals surface area contributed by atoms with Crippen LogP contribution in [0.25, 0.3) is 0 Å². The van der Waals surface area contributed by atoms with E-state index >= 15 is 0 Å². The number of carbonyl (C=O) groups is 1. The predicted molar refractivity (Wildman–Crippen MR) is 108 cm³/mol. The van der Waals surface area contributed by atoms with E-state index in [0.29, 0.717) is 11.9 Å². The zero-order chi connectivity index (χ0) is 16.2. The van der Waals surface area contributed by atoms with Crippen LogP contribution in [0.5, 0.6) is 0 Å². The molecule has 1 aliphatic carbocycles. The smallest absolute Gasteiger partial charge is 0.239 e. The summed E-state index contributed by atoms with van der Waals surface area (Å²) in [6, 6.07) is 0.624. The fourth-order valence-electron chi connectivity index (χ4n) is 3.71. The number of amides is 1. The monoisotopic (exact) mass is 449 g/mol. The number of piperazine rings is 1. The molecule has 6 nitrogen and oxygen atoms in total. The van der Waals surface area contributed by atoms with Crippen molar-refractivity contribution in [1.29, 1.82) is 0 Å². The molecule has 1 amide bonds. The third-order valence-electron chi connectivity index (χ3n) is 5.59. The summed E-state index contributed by atoms with van der Waals surface area (Å²) >= 11 is 0. The minimum atomic E-state index is 0. The van der Waals surface area contributed by atoms with Gasteiger partial charge in [0.1, 0.15) is 0 Å². The summed E-state index contributed by atoms with van der Waals surface area (Å²) < 4.78 is 0. The quantitative estimate of drug-likeness (QED) is 0.402. The highest BCUT2D eigenvalue weighted by molar-refractivity contribution is 14.0. The van der Waals surface area contributed by atoms with Gasteiger partial charge in [-0.2, -0.15) is 0 Å². The molecule has 0 radical (unpaired) electrons. The van der Waals surface area contributed by atoms with Crippen LogP contribution in [0.2, 0.25) is 0 Å². The summed E-state index contributed by atoms with van der Waals surface area (Å²) in [5, 5.41) is 3.57. The molecule has 3 aliphatic rings. The van der Waals surface area contributed by atoms with Crippen LogP contribution in [0, 0.1) is 0 Å². The number of halogens is 1. The second-order valence-corrected chi connectivity index (χ2v) is 7.05. The Balaban J connectivity index is 0.00000208. The lowest BCUT2D eigenvalue weighted by Gasteiger charge is -2.41. The first-order valence-electron chi connectivity index (χ1n) is 9.20. The van der Waals surface area contributed by atoms with Gasteiger partial charge in [-0.3, -0.25) is 14.7 Å². The number of hydrogen-bond acceptors (Lipinski definition) is 3.